The Bertz CT molecular complexity index is 3600. The molecule has 5 N–H and O–H groups in total. The molecule has 5 rings (SSSR count). The molecule has 6 atom stereocenters. The number of esters is 1. The number of hydrazine groups is 1. The molecule has 0 aliphatic heterocycles. The Labute approximate surface area is 540 Å². The SMILES string of the molecule is C#CCN(NC(=O)[C@H](C)CC(=O)OC(C)(C)C)S(=O)(=O)C[C@H](Cc1cn(C(=O)OC(C)(C)C)c2ccccc12)C(=O)N[C@@H](C)C(=O)C[C@@H](Cc1cn(C(=O)OC(C)(C)C)c2ccccc12)C(=O)N[C@H](Cc1ccccc1)C(=O)C[C@@H](CCCCNCC=C)C(=O)NC. The fraction of sp³-hybridized carbons (Fsp3) is 0.493. The first kappa shape index (κ1) is 74.3. The summed E-state index contributed by atoms with van der Waals surface area (Å²) in [6.45, 7) is 22.3. The molecule has 22 nitrogen and oxygen atoms in total. The first-order valence-corrected chi connectivity index (χ1v) is 32.6. The summed E-state index contributed by atoms with van der Waals surface area (Å²) < 4.78 is 49.2. The van der Waals surface area contributed by atoms with Crippen LogP contribution in [-0.2, 0) is 77.1 Å². The molecule has 0 spiro atoms. The van der Waals surface area contributed by atoms with Crippen molar-refractivity contribution in [2.45, 2.75) is 163 Å². The number of unbranched alkanes of at least 4 members (excludes halogenated alkanes) is 1. The standard InChI is InChI=1S/C69H92N8O14S/c1-15-33-71-34-25-24-28-48(62(82)70-14)40-59(79)55(37-47-26-18-17-19-27-47)73-63(83)49(38-50-42-75(65(85)90-68(8,9)10)56-31-22-20-29-53(50)56)41-58(78)46(4)72-64(84)52(39-51-43-76(66(86)91-69(11,12)13)57-32-23-21-30-54(51)57)44-92(87,88)77(35-16-2)74-61(81)45(3)36-60(80)89-67(5,6)7/h2,15,17-23,26-27,29-32,42-43,45-46,48-49,52,55,71H,1,24-25,28,33-41,44H2,3-14H3,(H,70,82)(H,72,84)(H,73,83)(H,74,81)/t45-,46+,48-,49-,52+,55-/m1/s1. The van der Waals surface area contributed by atoms with Crippen molar-refractivity contribution in [2.75, 3.05) is 32.4 Å². The second-order valence-corrected chi connectivity index (χ2v) is 28.1. The van der Waals surface area contributed by atoms with E-state index < -0.39 is 135 Å². The van der Waals surface area contributed by atoms with Gasteiger partial charge in [-0.1, -0.05) is 92.1 Å². The smallest absolute Gasteiger partial charge is 0.419 e. The minimum atomic E-state index is -4.78. The number of aromatic nitrogens is 2. The fourth-order valence-electron chi connectivity index (χ4n) is 10.3. The number of carbonyl (C=O) groups is 9. The van der Waals surface area contributed by atoms with Crippen molar-refractivity contribution in [3.8, 4) is 12.3 Å². The summed E-state index contributed by atoms with van der Waals surface area (Å²) in [5, 5.41) is 12.6. The first-order valence-electron chi connectivity index (χ1n) is 31.0. The van der Waals surface area contributed by atoms with Gasteiger partial charge in [0.15, 0.2) is 11.6 Å². The number of benzene rings is 3. The van der Waals surface area contributed by atoms with Gasteiger partial charge in [0.2, 0.25) is 33.7 Å². The van der Waals surface area contributed by atoms with Crippen LogP contribution < -0.4 is 26.7 Å². The number of nitrogens with zero attached hydrogens (tertiary/aromatic N) is 3. The Balaban J connectivity index is 1.55. The molecule has 4 amide bonds. The lowest BCUT2D eigenvalue weighted by atomic mass is 9.88. The third kappa shape index (κ3) is 22.7. The topological polar surface area (TPSA) is 289 Å². The minimum absolute atomic E-state index is 0.0245. The molecule has 0 saturated heterocycles. The van der Waals surface area contributed by atoms with Crippen molar-refractivity contribution in [3.63, 3.8) is 0 Å². The van der Waals surface area contributed by atoms with E-state index >= 15 is 9.59 Å². The quantitative estimate of drug-likeness (QED) is 0.00676. The number of ketones is 2. The van der Waals surface area contributed by atoms with Crippen LogP contribution in [0.15, 0.2) is 104 Å². The van der Waals surface area contributed by atoms with Crippen molar-refractivity contribution in [3.05, 3.63) is 121 Å². The Morgan fingerprint density at radius 2 is 1.14 bits per heavy atom. The second kappa shape index (κ2) is 33.2. The molecule has 0 aliphatic rings. The molecule has 0 bridgehead atoms. The van der Waals surface area contributed by atoms with Crippen LogP contribution in [0.25, 0.3) is 21.8 Å². The van der Waals surface area contributed by atoms with Gasteiger partial charge in [0.1, 0.15) is 16.8 Å². The van der Waals surface area contributed by atoms with Crippen LogP contribution in [0.4, 0.5) is 9.59 Å². The number of amides is 4. The van der Waals surface area contributed by atoms with Gasteiger partial charge in [-0.15, -0.1) is 17.4 Å². The lowest BCUT2D eigenvalue weighted by Gasteiger charge is -2.26. The van der Waals surface area contributed by atoms with E-state index in [2.05, 4.69) is 39.2 Å². The highest BCUT2D eigenvalue weighted by Crippen LogP contribution is 2.30. The number of hydrogen-bond donors (Lipinski definition) is 5. The largest absolute Gasteiger partial charge is 0.460 e. The Kier molecular flexibility index (Phi) is 26.8. The molecule has 0 aliphatic carbocycles. The summed E-state index contributed by atoms with van der Waals surface area (Å²) in [6, 6.07) is 20.0. The first-order chi connectivity index (χ1) is 43.1. The summed E-state index contributed by atoms with van der Waals surface area (Å²) in [6.07, 6.45) is 8.91. The fourth-order valence-corrected chi connectivity index (χ4v) is 11.8. The highest BCUT2D eigenvalue weighted by molar-refractivity contribution is 7.89. The summed E-state index contributed by atoms with van der Waals surface area (Å²) >= 11 is 0. The van der Waals surface area contributed by atoms with Crippen LogP contribution in [0.1, 0.15) is 131 Å². The molecule has 5 aromatic rings. The highest BCUT2D eigenvalue weighted by atomic mass is 32.2. The van der Waals surface area contributed by atoms with Gasteiger partial charge in [-0.3, -0.25) is 48.1 Å². The predicted molar refractivity (Wildman–Crippen MR) is 352 cm³/mol. The number of hydrogen-bond acceptors (Lipinski definition) is 15. The number of sulfonamides is 1. The molecule has 0 unspecified atom stereocenters. The minimum Gasteiger partial charge on any atom is -0.460 e. The summed E-state index contributed by atoms with van der Waals surface area (Å²) in [5.41, 5.74) is 1.95. The number of nitrogens with one attached hydrogen (secondary N) is 5. The molecule has 2 heterocycles. The molecule has 0 radical (unpaired) electrons. The number of rotatable bonds is 32. The van der Waals surface area contributed by atoms with E-state index in [0.717, 1.165) is 6.42 Å². The van der Waals surface area contributed by atoms with Crippen LogP contribution in [-0.4, -0.2) is 137 Å². The zero-order valence-electron chi connectivity index (χ0n) is 55.1. The van der Waals surface area contributed by atoms with Gasteiger partial charge in [-0.05, 0) is 137 Å². The van der Waals surface area contributed by atoms with E-state index in [0.29, 0.717) is 68.8 Å². The molecule has 0 saturated carbocycles. The number of fused-ring (bicyclic) bond motifs is 2. The Morgan fingerprint density at radius 1 is 0.630 bits per heavy atom. The second-order valence-electron chi connectivity index (χ2n) is 26.1. The average Bonchev–Trinajstić information content (AvgIpc) is 1.63. The van der Waals surface area contributed by atoms with Crippen LogP contribution in [0.3, 0.4) is 0 Å². The predicted octanol–water partition coefficient (Wildman–Crippen LogP) is 8.30. The van der Waals surface area contributed by atoms with Crippen molar-refractivity contribution in [1.82, 2.24) is 40.2 Å². The lowest BCUT2D eigenvalue weighted by molar-refractivity contribution is -0.157. The van der Waals surface area contributed by atoms with Crippen LogP contribution in [0.2, 0.25) is 0 Å². The van der Waals surface area contributed by atoms with Crippen LogP contribution in [0.5, 0.6) is 0 Å². The lowest BCUT2D eigenvalue weighted by Crippen LogP contribution is -2.52. The monoisotopic (exact) mass is 1290 g/mol. The van der Waals surface area contributed by atoms with Crippen LogP contribution >= 0.6 is 0 Å². The summed E-state index contributed by atoms with van der Waals surface area (Å²) in [7, 11) is -3.29. The zero-order valence-corrected chi connectivity index (χ0v) is 56.0. The molecule has 92 heavy (non-hydrogen) atoms. The van der Waals surface area contributed by atoms with Gasteiger partial charge in [0.05, 0.1) is 47.8 Å². The van der Waals surface area contributed by atoms with Crippen molar-refractivity contribution in [1.29, 1.82) is 0 Å². The van der Waals surface area contributed by atoms with Gasteiger partial charge >= 0.3 is 18.2 Å². The van der Waals surface area contributed by atoms with E-state index in [1.165, 1.54) is 42.4 Å². The normalized spacial score (nSPS) is 14.0. The van der Waals surface area contributed by atoms with Gasteiger partial charge in [-0.25, -0.2) is 18.0 Å². The van der Waals surface area contributed by atoms with Crippen molar-refractivity contribution in [2.24, 2.45) is 23.7 Å². The summed E-state index contributed by atoms with van der Waals surface area (Å²) in [5.74, 6) is -8.27. The maximum atomic E-state index is 15.2. The van der Waals surface area contributed by atoms with Gasteiger partial charge in [0.25, 0.3) is 0 Å². The van der Waals surface area contributed by atoms with E-state index in [1.807, 2.05) is 0 Å². The molecule has 0 fully saturated rings. The van der Waals surface area contributed by atoms with Crippen molar-refractivity contribution < 1.29 is 65.8 Å². The van der Waals surface area contributed by atoms with Crippen molar-refractivity contribution >= 4 is 85.2 Å². The molecule has 23 heteroatoms. The molecule has 2 aromatic heterocycles. The molecular weight excluding hydrogens is 1200 g/mol. The number of para-hydroxylation sites is 2. The van der Waals surface area contributed by atoms with Gasteiger partial charge in [0, 0.05) is 67.4 Å². The van der Waals surface area contributed by atoms with E-state index in [4.69, 9.17) is 20.6 Å². The molecule has 3 aromatic carbocycles. The third-order valence-electron chi connectivity index (χ3n) is 14.8. The van der Waals surface area contributed by atoms with E-state index in [9.17, 15) is 42.0 Å². The molecular formula is C69H92N8O14S. The highest BCUT2D eigenvalue weighted by Gasteiger charge is 2.37. The zero-order chi connectivity index (χ0) is 68.3. The Morgan fingerprint density at radius 3 is 1.66 bits per heavy atom. The number of carbonyl (C=O) groups excluding carboxylic acids is 9. The third-order valence-corrected chi connectivity index (χ3v) is 16.5. The maximum Gasteiger partial charge on any atom is 0.419 e. The van der Waals surface area contributed by atoms with E-state index in [1.54, 1.807) is 147 Å². The molecule has 498 valence electrons. The Hall–Kier alpha value is -8.46. The average molecular weight is 1290 g/mol. The van der Waals surface area contributed by atoms with Gasteiger partial charge in [-0.2, -0.15) is 0 Å². The van der Waals surface area contributed by atoms with Crippen LogP contribution in [0, 0.1) is 36.0 Å². The number of terminal acetylenes is 1. The summed E-state index contributed by atoms with van der Waals surface area (Å²) in [4.78, 5) is 127. The number of ether oxygens (including phenoxy) is 3. The maximum absolute atomic E-state index is 15.2. The van der Waals surface area contributed by atoms with E-state index in [-0.39, 0.29) is 31.6 Å². The number of Topliss-reactive ketones (excluding diaryl/α,β-unsaturated/α-hetero) is 2. The van der Waals surface area contributed by atoms with Gasteiger partial charge < -0.3 is 35.5 Å².